The zero-order valence-electron chi connectivity index (χ0n) is 11.9. The molecular formula is C16H22FNO2. The second-order valence-electron chi connectivity index (χ2n) is 5.81. The quantitative estimate of drug-likeness (QED) is 0.828. The molecule has 0 aliphatic heterocycles. The Balaban J connectivity index is 1.90. The smallest absolute Gasteiger partial charge is 0.338 e. The summed E-state index contributed by atoms with van der Waals surface area (Å²) in [6.45, 7) is 2.89. The first-order valence-corrected chi connectivity index (χ1v) is 7.31. The molecule has 2 N–H and O–H groups in total. The van der Waals surface area contributed by atoms with Crippen molar-refractivity contribution in [2.75, 3.05) is 0 Å². The van der Waals surface area contributed by atoms with Crippen molar-refractivity contribution < 1.29 is 14.3 Å². The van der Waals surface area contributed by atoms with Crippen molar-refractivity contribution >= 4 is 5.97 Å². The van der Waals surface area contributed by atoms with Crippen LogP contribution in [0, 0.1) is 11.7 Å². The average Bonchev–Trinajstić information content (AvgIpc) is 2.61. The Morgan fingerprint density at radius 1 is 1.35 bits per heavy atom. The molecule has 0 bridgehead atoms. The number of carbonyl (C=O) groups is 1. The largest absolute Gasteiger partial charge is 0.478 e. The Morgan fingerprint density at radius 3 is 2.85 bits per heavy atom. The number of halogens is 1. The maximum absolute atomic E-state index is 13.6. The molecule has 1 fully saturated rings. The van der Waals surface area contributed by atoms with Gasteiger partial charge in [-0.05, 0) is 42.9 Å². The van der Waals surface area contributed by atoms with Gasteiger partial charge in [-0.15, -0.1) is 0 Å². The van der Waals surface area contributed by atoms with Gasteiger partial charge in [0.25, 0.3) is 0 Å². The Hall–Kier alpha value is -1.42. The average molecular weight is 279 g/mol. The molecule has 0 radical (unpaired) electrons. The maximum Gasteiger partial charge on any atom is 0.338 e. The van der Waals surface area contributed by atoms with E-state index in [2.05, 4.69) is 12.2 Å². The van der Waals surface area contributed by atoms with Crippen molar-refractivity contribution in [3.8, 4) is 0 Å². The number of benzene rings is 1. The number of carboxylic acid groups (broad SMARTS) is 1. The minimum absolute atomic E-state index is 0.267. The molecule has 2 unspecified atom stereocenters. The predicted molar refractivity (Wildman–Crippen MR) is 76.2 cm³/mol. The molecule has 110 valence electrons. The van der Waals surface area contributed by atoms with Gasteiger partial charge in [-0.2, -0.15) is 0 Å². The third kappa shape index (κ3) is 4.04. The monoisotopic (exact) mass is 279 g/mol. The van der Waals surface area contributed by atoms with E-state index in [1.807, 2.05) is 0 Å². The highest BCUT2D eigenvalue weighted by Gasteiger charge is 2.16. The van der Waals surface area contributed by atoms with Crippen LogP contribution in [0.4, 0.5) is 4.39 Å². The van der Waals surface area contributed by atoms with Crippen LogP contribution in [-0.4, -0.2) is 17.1 Å². The molecule has 0 amide bonds. The van der Waals surface area contributed by atoms with Gasteiger partial charge in [-0.3, -0.25) is 0 Å². The van der Waals surface area contributed by atoms with Gasteiger partial charge in [0.1, 0.15) is 5.82 Å². The third-order valence-corrected chi connectivity index (χ3v) is 4.12. The van der Waals surface area contributed by atoms with E-state index < -0.39 is 11.8 Å². The summed E-state index contributed by atoms with van der Waals surface area (Å²) in [5, 5.41) is 12.3. The number of hydrogen-bond donors (Lipinski definition) is 2. The summed E-state index contributed by atoms with van der Waals surface area (Å²) in [7, 11) is 0. The normalized spacial score (nSPS) is 23.3. The minimum Gasteiger partial charge on any atom is -0.478 e. The Morgan fingerprint density at radius 2 is 2.15 bits per heavy atom. The highest BCUT2D eigenvalue weighted by molar-refractivity contribution is 5.87. The summed E-state index contributed by atoms with van der Waals surface area (Å²) in [4.78, 5) is 10.8. The summed E-state index contributed by atoms with van der Waals surface area (Å²) in [5.74, 6) is -1.08. The first-order valence-electron chi connectivity index (χ1n) is 7.31. The molecule has 20 heavy (non-hydrogen) atoms. The third-order valence-electron chi connectivity index (χ3n) is 4.12. The second-order valence-corrected chi connectivity index (χ2v) is 5.81. The standard InChI is InChI=1S/C16H22FNO2/c1-11-3-2-4-13(7-5-11)18-10-12-6-8-14(16(19)20)15(17)9-12/h6,8-9,11,13,18H,2-5,7,10H2,1H3,(H,19,20). The fourth-order valence-corrected chi connectivity index (χ4v) is 2.80. The molecular weight excluding hydrogens is 257 g/mol. The Bertz CT molecular complexity index is 476. The molecule has 4 heteroatoms. The van der Waals surface area contributed by atoms with Crippen molar-refractivity contribution in [3.63, 3.8) is 0 Å². The van der Waals surface area contributed by atoms with Gasteiger partial charge >= 0.3 is 5.97 Å². The van der Waals surface area contributed by atoms with Crippen molar-refractivity contribution in [2.24, 2.45) is 5.92 Å². The van der Waals surface area contributed by atoms with Crippen LogP contribution in [0.1, 0.15) is 54.9 Å². The van der Waals surface area contributed by atoms with Gasteiger partial charge in [-0.1, -0.05) is 25.8 Å². The van der Waals surface area contributed by atoms with Gasteiger partial charge in [-0.25, -0.2) is 9.18 Å². The molecule has 1 aromatic carbocycles. The molecule has 1 aliphatic rings. The second kappa shape index (κ2) is 6.84. The van der Waals surface area contributed by atoms with E-state index in [1.165, 1.54) is 37.8 Å². The SMILES string of the molecule is CC1CCCC(NCc2ccc(C(=O)O)c(F)c2)CC1. The molecule has 0 heterocycles. The van der Waals surface area contributed by atoms with Crippen LogP contribution in [0.2, 0.25) is 0 Å². The highest BCUT2D eigenvalue weighted by atomic mass is 19.1. The van der Waals surface area contributed by atoms with E-state index in [9.17, 15) is 9.18 Å². The van der Waals surface area contributed by atoms with Crippen LogP contribution in [0.3, 0.4) is 0 Å². The first-order chi connectivity index (χ1) is 9.56. The van der Waals surface area contributed by atoms with Crippen molar-refractivity contribution in [2.45, 2.75) is 51.6 Å². The van der Waals surface area contributed by atoms with Crippen LogP contribution in [0.25, 0.3) is 0 Å². The Kier molecular flexibility index (Phi) is 5.12. The summed E-state index contributed by atoms with van der Waals surface area (Å²) >= 11 is 0. The number of aromatic carboxylic acids is 1. The molecule has 0 saturated heterocycles. The molecule has 0 spiro atoms. The van der Waals surface area contributed by atoms with Crippen LogP contribution in [0.15, 0.2) is 18.2 Å². The first kappa shape index (κ1) is 15.0. The van der Waals surface area contributed by atoms with Crippen molar-refractivity contribution in [3.05, 3.63) is 35.1 Å². The lowest BCUT2D eigenvalue weighted by atomic mass is 10.0. The van der Waals surface area contributed by atoms with Crippen molar-refractivity contribution in [1.29, 1.82) is 0 Å². The van der Waals surface area contributed by atoms with Crippen LogP contribution >= 0.6 is 0 Å². The summed E-state index contributed by atoms with van der Waals surface area (Å²) in [5.41, 5.74) is 0.529. The van der Waals surface area contributed by atoms with Crippen LogP contribution < -0.4 is 5.32 Å². The van der Waals surface area contributed by atoms with Gasteiger partial charge < -0.3 is 10.4 Å². The van der Waals surface area contributed by atoms with Gasteiger partial charge in [0, 0.05) is 12.6 Å². The van der Waals surface area contributed by atoms with Crippen LogP contribution in [-0.2, 0) is 6.54 Å². The molecule has 1 aromatic rings. The number of carboxylic acids is 1. The lowest BCUT2D eigenvalue weighted by molar-refractivity contribution is 0.0692. The number of nitrogens with one attached hydrogen (secondary N) is 1. The maximum atomic E-state index is 13.6. The van der Waals surface area contributed by atoms with E-state index in [0.717, 1.165) is 17.9 Å². The molecule has 2 atom stereocenters. The minimum atomic E-state index is -1.22. The zero-order chi connectivity index (χ0) is 14.5. The topological polar surface area (TPSA) is 49.3 Å². The molecule has 0 aromatic heterocycles. The molecule has 1 aliphatic carbocycles. The summed E-state index contributed by atoms with van der Waals surface area (Å²) in [6, 6.07) is 4.82. The van der Waals surface area contributed by atoms with Crippen molar-refractivity contribution in [1.82, 2.24) is 5.32 Å². The van der Waals surface area contributed by atoms with Gasteiger partial charge in [0.05, 0.1) is 5.56 Å². The highest BCUT2D eigenvalue weighted by Crippen LogP contribution is 2.23. The molecule has 2 rings (SSSR count). The van der Waals surface area contributed by atoms with E-state index in [4.69, 9.17) is 5.11 Å². The van der Waals surface area contributed by atoms with E-state index >= 15 is 0 Å². The van der Waals surface area contributed by atoms with Crippen LogP contribution in [0.5, 0.6) is 0 Å². The summed E-state index contributed by atoms with van der Waals surface area (Å²) in [6.07, 6.45) is 6.10. The predicted octanol–water partition coefficient (Wildman–Crippen LogP) is 3.58. The number of rotatable bonds is 4. The van der Waals surface area contributed by atoms with E-state index in [-0.39, 0.29) is 5.56 Å². The summed E-state index contributed by atoms with van der Waals surface area (Å²) < 4.78 is 13.6. The fraction of sp³-hybridized carbons (Fsp3) is 0.562. The van der Waals surface area contributed by atoms with Gasteiger partial charge in [0.2, 0.25) is 0 Å². The van der Waals surface area contributed by atoms with E-state index in [0.29, 0.717) is 12.6 Å². The molecule has 3 nitrogen and oxygen atoms in total. The Labute approximate surface area is 119 Å². The number of hydrogen-bond acceptors (Lipinski definition) is 2. The lowest BCUT2D eigenvalue weighted by Crippen LogP contribution is -2.28. The fourth-order valence-electron chi connectivity index (χ4n) is 2.80. The van der Waals surface area contributed by atoms with Gasteiger partial charge in [0.15, 0.2) is 0 Å². The lowest BCUT2D eigenvalue weighted by Gasteiger charge is -2.16. The van der Waals surface area contributed by atoms with E-state index in [1.54, 1.807) is 6.07 Å². The molecule has 1 saturated carbocycles. The zero-order valence-corrected chi connectivity index (χ0v) is 11.9.